The Kier molecular flexibility index (Phi) is 6.72. The van der Waals surface area contributed by atoms with E-state index in [0.29, 0.717) is 6.54 Å². The molecule has 1 saturated heterocycles. The summed E-state index contributed by atoms with van der Waals surface area (Å²) in [5, 5.41) is 42.5. The molecule has 10 nitrogen and oxygen atoms in total. The van der Waals surface area contributed by atoms with Gasteiger partial charge in [0.15, 0.2) is 6.23 Å². The first-order valence-corrected chi connectivity index (χ1v) is 8.41. The van der Waals surface area contributed by atoms with E-state index in [1.807, 2.05) is 13.8 Å². The standard InChI is InChI=1S/C14H24ClN5O5/c1-4-20(11-10(24)9(23)8(22)7(5-21)25-11)14-18-12(15)17-13(19-14)16-6(2)3/h6-11,21-24H,4-5H2,1-3H3,(H,16,17,18,19)/t7-,8-,9-,10-,11?/m0/s1. The molecule has 1 aromatic heterocycles. The number of nitrogens with one attached hydrogen (secondary N) is 1. The van der Waals surface area contributed by atoms with E-state index in [1.54, 1.807) is 6.92 Å². The van der Waals surface area contributed by atoms with Crippen molar-refractivity contribution in [1.82, 2.24) is 15.0 Å². The average Bonchev–Trinajstić information content (AvgIpc) is 2.54. The highest BCUT2D eigenvalue weighted by Gasteiger charge is 2.46. The molecule has 1 fully saturated rings. The van der Waals surface area contributed by atoms with Crippen LogP contribution >= 0.6 is 11.6 Å². The predicted molar refractivity (Wildman–Crippen MR) is 90.4 cm³/mol. The summed E-state index contributed by atoms with van der Waals surface area (Å²) >= 11 is 5.96. The number of ether oxygens (including phenoxy) is 1. The molecule has 142 valence electrons. The molecule has 0 spiro atoms. The van der Waals surface area contributed by atoms with Crippen molar-refractivity contribution < 1.29 is 25.2 Å². The van der Waals surface area contributed by atoms with E-state index in [-0.39, 0.29) is 23.2 Å². The Bertz CT molecular complexity index is 579. The monoisotopic (exact) mass is 377 g/mol. The number of hydrogen-bond acceptors (Lipinski definition) is 10. The maximum Gasteiger partial charge on any atom is 0.233 e. The Hall–Kier alpha value is -1.30. The van der Waals surface area contributed by atoms with E-state index < -0.39 is 37.3 Å². The summed E-state index contributed by atoms with van der Waals surface area (Å²) in [6.45, 7) is 5.38. The van der Waals surface area contributed by atoms with Crippen LogP contribution in [0.4, 0.5) is 11.9 Å². The van der Waals surface area contributed by atoms with Gasteiger partial charge in [-0.15, -0.1) is 0 Å². The number of hydrogen-bond donors (Lipinski definition) is 5. The lowest BCUT2D eigenvalue weighted by Gasteiger charge is -2.44. The lowest BCUT2D eigenvalue weighted by molar-refractivity contribution is -0.228. The second kappa shape index (κ2) is 8.39. The largest absolute Gasteiger partial charge is 0.394 e. The van der Waals surface area contributed by atoms with E-state index in [2.05, 4.69) is 20.3 Å². The Morgan fingerprint density at radius 3 is 2.40 bits per heavy atom. The molecule has 25 heavy (non-hydrogen) atoms. The Morgan fingerprint density at radius 2 is 1.84 bits per heavy atom. The van der Waals surface area contributed by atoms with E-state index in [4.69, 9.17) is 16.3 Å². The van der Waals surface area contributed by atoms with E-state index >= 15 is 0 Å². The zero-order valence-electron chi connectivity index (χ0n) is 14.2. The molecule has 2 rings (SSSR count). The SMILES string of the molecule is CCN(c1nc(Cl)nc(NC(C)C)n1)C1O[C@@H](CO)[C@H](O)[C@H](O)[C@@H]1O. The molecule has 0 amide bonds. The van der Waals surface area contributed by atoms with Gasteiger partial charge in [0.05, 0.1) is 6.61 Å². The molecule has 1 aliphatic heterocycles. The molecule has 1 unspecified atom stereocenters. The highest BCUT2D eigenvalue weighted by Crippen LogP contribution is 2.26. The summed E-state index contributed by atoms with van der Waals surface area (Å²) in [6, 6.07) is 0.0636. The van der Waals surface area contributed by atoms with Crippen LogP contribution in [0.5, 0.6) is 0 Å². The molecule has 0 radical (unpaired) electrons. The number of nitrogens with zero attached hydrogens (tertiary/aromatic N) is 4. The van der Waals surface area contributed by atoms with Crippen molar-refractivity contribution in [3.63, 3.8) is 0 Å². The van der Waals surface area contributed by atoms with Crippen LogP contribution in [-0.4, -0.2) is 85.2 Å². The van der Waals surface area contributed by atoms with Gasteiger partial charge in [0.2, 0.25) is 17.2 Å². The Labute approximate surface area is 150 Å². The van der Waals surface area contributed by atoms with Gasteiger partial charge in [-0.2, -0.15) is 15.0 Å². The molecular weight excluding hydrogens is 354 g/mol. The zero-order valence-corrected chi connectivity index (χ0v) is 15.0. The van der Waals surface area contributed by atoms with Gasteiger partial charge in [-0.25, -0.2) is 0 Å². The van der Waals surface area contributed by atoms with Crippen molar-refractivity contribution in [2.24, 2.45) is 0 Å². The number of likely N-dealkylation sites (N-methyl/N-ethyl adjacent to an activating group) is 1. The van der Waals surface area contributed by atoms with Crippen LogP contribution in [0.3, 0.4) is 0 Å². The molecule has 5 N–H and O–H groups in total. The lowest BCUT2D eigenvalue weighted by atomic mass is 9.98. The number of anilines is 2. The fourth-order valence-electron chi connectivity index (χ4n) is 2.57. The first-order chi connectivity index (χ1) is 11.8. The summed E-state index contributed by atoms with van der Waals surface area (Å²) in [5.74, 6) is 0.392. The highest BCUT2D eigenvalue weighted by atomic mass is 35.5. The van der Waals surface area contributed by atoms with Crippen LogP contribution in [0.1, 0.15) is 20.8 Å². The quantitative estimate of drug-likeness (QED) is 0.417. The Balaban J connectivity index is 2.33. The number of aromatic nitrogens is 3. The van der Waals surface area contributed by atoms with Crippen molar-refractivity contribution in [3.05, 3.63) is 5.28 Å². The zero-order chi connectivity index (χ0) is 18.7. The van der Waals surface area contributed by atoms with Gasteiger partial charge in [0.1, 0.15) is 24.4 Å². The molecule has 2 heterocycles. The fourth-order valence-corrected chi connectivity index (χ4v) is 2.72. The van der Waals surface area contributed by atoms with Gasteiger partial charge in [-0.1, -0.05) is 0 Å². The molecule has 5 atom stereocenters. The summed E-state index contributed by atoms with van der Waals surface area (Å²) in [7, 11) is 0. The van der Waals surface area contributed by atoms with E-state index in [9.17, 15) is 20.4 Å². The maximum atomic E-state index is 10.3. The molecule has 0 bridgehead atoms. The third-order valence-corrected chi connectivity index (χ3v) is 3.95. The van der Waals surface area contributed by atoms with Crippen molar-refractivity contribution in [2.45, 2.75) is 57.5 Å². The third kappa shape index (κ3) is 4.46. The van der Waals surface area contributed by atoms with Crippen LogP contribution in [0.25, 0.3) is 0 Å². The first-order valence-electron chi connectivity index (χ1n) is 8.03. The number of aliphatic hydroxyl groups is 4. The molecule has 0 aromatic carbocycles. The van der Waals surface area contributed by atoms with Gasteiger partial charge >= 0.3 is 0 Å². The number of rotatable bonds is 6. The number of halogens is 1. The van der Waals surface area contributed by atoms with Gasteiger partial charge < -0.3 is 35.4 Å². The van der Waals surface area contributed by atoms with Gasteiger partial charge in [0, 0.05) is 12.6 Å². The molecule has 1 aliphatic rings. The normalized spacial score (nSPS) is 29.7. The van der Waals surface area contributed by atoms with Gasteiger partial charge in [-0.3, -0.25) is 0 Å². The van der Waals surface area contributed by atoms with Crippen molar-refractivity contribution in [2.75, 3.05) is 23.4 Å². The van der Waals surface area contributed by atoms with E-state index in [1.165, 1.54) is 4.90 Å². The summed E-state index contributed by atoms with van der Waals surface area (Å²) in [4.78, 5) is 13.8. The first kappa shape index (κ1) is 20.0. The van der Waals surface area contributed by atoms with Crippen LogP contribution in [0.15, 0.2) is 0 Å². The van der Waals surface area contributed by atoms with Crippen molar-refractivity contribution in [1.29, 1.82) is 0 Å². The minimum absolute atomic E-state index is 0.0452. The molecular formula is C14H24ClN5O5. The molecule has 0 saturated carbocycles. The minimum Gasteiger partial charge on any atom is -0.394 e. The topological polar surface area (TPSA) is 144 Å². The molecule has 0 aliphatic carbocycles. The molecule has 1 aromatic rings. The lowest BCUT2D eigenvalue weighted by Crippen LogP contribution is -2.63. The predicted octanol–water partition coefficient (Wildman–Crippen LogP) is -1.03. The highest BCUT2D eigenvalue weighted by molar-refractivity contribution is 6.28. The summed E-state index contributed by atoms with van der Waals surface area (Å²) in [6.07, 6.45) is -6.46. The van der Waals surface area contributed by atoms with E-state index in [0.717, 1.165) is 0 Å². The smallest absolute Gasteiger partial charge is 0.233 e. The minimum atomic E-state index is -1.49. The third-order valence-electron chi connectivity index (χ3n) is 3.79. The van der Waals surface area contributed by atoms with Gasteiger partial charge in [-0.05, 0) is 32.4 Å². The second-order valence-electron chi connectivity index (χ2n) is 6.03. The summed E-state index contributed by atoms with van der Waals surface area (Å²) < 4.78 is 5.55. The fraction of sp³-hybridized carbons (Fsp3) is 0.786. The second-order valence-corrected chi connectivity index (χ2v) is 6.37. The molecule has 11 heteroatoms. The van der Waals surface area contributed by atoms with Crippen molar-refractivity contribution >= 4 is 23.5 Å². The maximum absolute atomic E-state index is 10.3. The Morgan fingerprint density at radius 1 is 1.16 bits per heavy atom. The van der Waals surface area contributed by atoms with Crippen LogP contribution in [-0.2, 0) is 4.74 Å². The number of aliphatic hydroxyl groups excluding tert-OH is 4. The van der Waals surface area contributed by atoms with Crippen LogP contribution in [0.2, 0.25) is 5.28 Å². The van der Waals surface area contributed by atoms with Crippen LogP contribution in [0, 0.1) is 0 Å². The summed E-state index contributed by atoms with van der Waals surface area (Å²) in [5.41, 5.74) is 0. The van der Waals surface area contributed by atoms with Crippen LogP contribution < -0.4 is 10.2 Å². The van der Waals surface area contributed by atoms with Gasteiger partial charge in [0.25, 0.3) is 0 Å². The average molecular weight is 378 g/mol. The van der Waals surface area contributed by atoms with Crippen molar-refractivity contribution in [3.8, 4) is 0 Å².